The van der Waals surface area contributed by atoms with E-state index in [1.807, 2.05) is 6.92 Å². The standard InChI is InChI=1S/C14H24N2O/c1-9(15)13-4-2-3-7-16(13)14(17)12-8-11(12)10-5-6-10/h9-13H,2-8,15H2,1H3/t9-,11+,12+,13-/m0/s1. The van der Waals surface area contributed by atoms with Crippen molar-refractivity contribution in [3.8, 4) is 0 Å². The molecule has 2 aliphatic carbocycles. The van der Waals surface area contributed by atoms with E-state index in [1.165, 1.54) is 19.3 Å². The Labute approximate surface area is 104 Å². The molecule has 2 saturated carbocycles. The summed E-state index contributed by atoms with van der Waals surface area (Å²) < 4.78 is 0. The van der Waals surface area contributed by atoms with Crippen LogP contribution in [-0.4, -0.2) is 29.4 Å². The van der Waals surface area contributed by atoms with Gasteiger partial charge in [0.15, 0.2) is 0 Å². The summed E-state index contributed by atoms with van der Waals surface area (Å²) in [7, 11) is 0. The highest BCUT2D eigenvalue weighted by Crippen LogP contribution is 2.55. The van der Waals surface area contributed by atoms with E-state index in [2.05, 4.69) is 4.90 Å². The summed E-state index contributed by atoms with van der Waals surface area (Å²) >= 11 is 0. The molecule has 2 N–H and O–H groups in total. The minimum Gasteiger partial charge on any atom is -0.338 e. The molecule has 3 fully saturated rings. The van der Waals surface area contributed by atoms with Gasteiger partial charge in [0.25, 0.3) is 0 Å². The minimum atomic E-state index is 0.123. The molecular formula is C14H24N2O. The average Bonchev–Trinajstić information content (AvgIpc) is 3.15. The van der Waals surface area contributed by atoms with Crippen molar-refractivity contribution in [2.24, 2.45) is 23.5 Å². The van der Waals surface area contributed by atoms with Crippen LogP contribution in [0.4, 0.5) is 0 Å². The molecule has 0 spiro atoms. The molecule has 1 heterocycles. The lowest BCUT2D eigenvalue weighted by atomic mass is 9.96. The number of carbonyl (C=O) groups is 1. The molecule has 0 aromatic heterocycles. The van der Waals surface area contributed by atoms with Crippen molar-refractivity contribution in [2.45, 2.75) is 57.5 Å². The van der Waals surface area contributed by atoms with E-state index in [-0.39, 0.29) is 6.04 Å². The smallest absolute Gasteiger partial charge is 0.226 e. The zero-order valence-corrected chi connectivity index (χ0v) is 10.8. The maximum Gasteiger partial charge on any atom is 0.226 e. The lowest BCUT2D eigenvalue weighted by Gasteiger charge is -2.38. The number of nitrogens with two attached hydrogens (primary N) is 1. The van der Waals surface area contributed by atoms with E-state index < -0.39 is 0 Å². The van der Waals surface area contributed by atoms with E-state index in [0.29, 0.717) is 17.9 Å². The Morgan fingerprint density at radius 2 is 2.06 bits per heavy atom. The largest absolute Gasteiger partial charge is 0.338 e. The van der Waals surface area contributed by atoms with Gasteiger partial charge in [-0.05, 0) is 57.3 Å². The van der Waals surface area contributed by atoms with Crippen molar-refractivity contribution >= 4 is 5.91 Å². The lowest BCUT2D eigenvalue weighted by molar-refractivity contribution is -0.137. The number of amides is 1. The van der Waals surface area contributed by atoms with Crippen molar-refractivity contribution in [1.82, 2.24) is 4.90 Å². The Balaban J connectivity index is 1.63. The third-order valence-corrected chi connectivity index (χ3v) is 4.82. The van der Waals surface area contributed by atoms with Gasteiger partial charge in [0, 0.05) is 24.5 Å². The summed E-state index contributed by atoms with van der Waals surface area (Å²) in [4.78, 5) is 14.6. The third-order valence-electron chi connectivity index (χ3n) is 4.82. The molecule has 0 aromatic carbocycles. The predicted octanol–water partition coefficient (Wildman–Crippen LogP) is 1.76. The molecule has 1 saturated heterocycles. The fraction of sp³-hybridized carbons (Fsp3) is 0.929. The highest BCUT2D eigenvalue weighted by Gasteiger charge is 2.53. The molecule has 17 heavy (non-hydrogen) atoms. The van der Waals surface area contributed by atoms with E-state index in [0.717, 1.165) is 37.6 Å². The molecule has 0 aromatic rings. The molecule has 0 bridgehead atoms. The molecule has 3 aliphatic rings. The molecule has 3 nitrogen and oxygen atoms in total. The Kier molecular flexibility index (Phi) is 2.89. The first-order valence-electron chi connectivity index (χ1n) is 7.24. The minimum absolute atomic E-state index is 0.123. The molecule has 1 amide bonds. The first-order chi connectivity index (χ1) is 8.18. The normalized spacial score (nSPS) is 38.9. The van der Waals surface area contributed by atoms with Crippen molar-refractivity contribution in [3.05, 3.63) is 0 Å². The fourth-order valence-corrected chi connectivity index (χ4v) is 3.53. The fourth-order valence-electron chi connectivity index (χ4n) is 3.53. The first kappa shape index (κ1) is 11.5. The second-order valence-corrected chi connectivity index (χ2v) is 6.30. The molecule has 0 radical (unpaired) electrons. The maximum atomic E-state index is 12.5. The second kappa shape index (κ2) is 4.27. The summed E-state index contributed by atoms with van der Waals surface area (Å²) in [5.41, 5.74) is 6.03. The van der Waals surface area contributed by atoms with E-state index >= 15 is 0 Å². The molecule has 0 unspecified atom stereocenters. The first-order valence-corrected chi connectivity index (χ1v) is 7.24. The third kappa shape index (κ3) is 2.22. The summed E-state index contributed by atoms with van der Waals surface area (Å²) in [6.07, 6.45) is 7.38. The highest BCUT2D eigenvalue weighted by atomic mass is 16.2. The van der Waals surface area contributed by atoms with E-state index in [9.17, 15) is 4.79 Å². The molecule has 1 aliphatic heterocycles. The van der Waals surface area contributed by atoms with Gasteiger partial charge >= 0.3 is 0 Å². The van der Waals surface area contributed by atoms with Crippen molar-refractivity contribution in [2.75, 3.05) is 6.54 Å². The van der Waals surface area contributed by atoms with Crippen LogP contribution in [0.2, 0.25) is 0 Å². The molecular weight excluding hydrogens is 212 g/mol. The Hall–Kier alpha value is -0.570. The van der Waals surface area contributed by atoms with Gasteiger partial charge in [-0.15, -0.1) is 0 Å². The van der Waals surface area contributed by atoms with E-state index in [1.54, 1.807) is 0 Å². The van der Waals surface area contributed by atoms with Gasteiger partial charge in [-0.2, -0.15) is 0 Å². The Morgan fingerprint density at radius 3 is 2.71 bits per heavy atom. The number of hydrogen-bond donors (Lipinski definition) is 1. The van der Waals surface area contributed by atoms with Crippen LogP contribution < -0.4 is 5.73 Å². The Morgan fingerprint density at radius 1 is 1.29 bits per heavy atom. The van der Waals surface area contributed by atoms with E-state index in [4.69, 9.17) is 5.73 Å². The van der Waals surface area contributed by atoms with Crippen molar-refractivity contribution in [3.63, 3.8) is 0 Å². The van der Waals surface area contributed by atoms with Gasteiger partial charge in [-0.3, -0.25) is 4.79 Å². The number of likely N-dealkylation sites (tertiary alicyclic amines) is 1. The van der Waals surface area contributed by atoms with Gasteiger partial charge in [0.05, 0.1) is 0 Å². The summed E-state index contributed by atoms with van der Waals surface area (Å²) in [6, 6.07) is 0.425. The predicted molar refractivity (Wildman–Crippen MR) is 67.3 cm³/mol. The monoisotopic (exact) mass is 236 g/mol. The van der Waals surface area contributed by atoms with Crippen LogP contribution >= 0.6 is 0 Å². The van der Waals surface area contributed by atoms with Crippen LogP contribution in [0.3, 0.4) is 0 Å². The van der Waals surface area contributed by atoms with Crippen LogP contribution in [0.1, 0.15) is 45.4 Å². The van der Waals surface area contributed by atoms with Crippen LogP contribution in [0.15, 0.2) is 0 Å². The van der Waals surface area contributed by atoms with Crippen molar-refractivity contribution in [1.29, 1.82) is 0 Å². The zero-order valence-electron chi connectivity index (χ0n) is 10.8. The van der Waals surface area contributed by atoms with Crippen LogP contribution in [0.25, 0.3) is 0 Å². The van der Waals surface area contributed by atoms with Gasteiger partial charge in [-0.1, -0.05) is 0 Å². The number of piperidine rings is 1. The van der Waals surface area contributed by atoms with Crippen LogP contribution in [0, 0.1) is 17.8 Å². The highest BCUT2D eigenvalue weighted by molar-refractivity contribution is 5.82. The van der Waals surface area contributed by atoms with Crippen LogP contribution in [-0.2, 0) is 4.79 Å². The second-order valence-electron chi connectivity index (χ2n) is 6.30. The van der Waals surface area contributed by atoms with Crippen molar-refractivity contribution < 1.29 is 4.79 Å². The van der Waals surface area contributed by atoms with Crippen LogP contribution in [0.5, 0.6) is 0 Å². The van der Waals surface area contributed by atoms with Gasteiger partial charge in [0.1, 0.15) is 0 Å². The van der Waals surface area contributed by atoms with Gasteiger partial charge < -0.3 is 10.6 Å². The number of rotatable bonds is 3. The summed E-state index contributed by atoms with van der Waals surface area (Å²) in [5.74, 6) is 2.41. The lowest BCUT2D eigenvalue weighted by Crippen LogP contribution is -2.52. The topological polar surface area (TPSA) is 46.3 Å². The average molecular weight is 236 g/mol. The summed E-state index contributed by atoms with van der Waals surface area (Å²) in [6.45, 7) is 2.99. The molecule has 3 heteroatoms. The summed E-state index contributed by atoms with van der Waals surface area (Å²) in [5, 5.41) is 0. The SMILES string of the molecule is C[C@H](N)[C@@H]1CCCCN1C(=O)[C@@H]1C[C@@H]1C1CC1. The maximum absolute atomic E-state index is 12.5. The van der Waals surface area contributed by atoms with Gasteiger partial charge in [0.2, 0.25) is 5.91 Å². The number of carbonyl (C=O) groups excluding carboxylic acids is 1. The number of nitrogens with zero attached hydrogens (tertiary/aromatic N) is 1. The number of hydrogen-bond acceptors (Lipinski definition) is 2. The Bertz CT molecular complexity index is 311. The quantitative estimate of drug-likeness (QED) is 0.811. The van der Waals surface area contributed by atoms with Gasteiger partial charge in [-0.25, -0.2) is 0 Å². The molecule has 96 valence electrons. The molecule has 4 atom stereocenters. The molecule has 3 rings (SSSR count). The zero-order chi connectivity index (χ0) is 12.0.